The molecular weight excluding hydrogens is 604 g/mol. The molecule has 0 amide bonds. The standard InChI is InChI=1S/C15H7Br2ClF9N3O/c1-2-30-11(31)9(18)10(15(25,26)27)29-12(30)28-5-3-4(13(19,20)21)7(16)6(8(5)17)14(22,23)24/h3H,2H2,1H3,(H,28,29). The van der Waals surface area contributed by atoms with Crippen LogP contribution >= 0.6 is 43.5 Å². The highest BCUT2D eigenvalue weighted by Gasteiger charge is 2.43. The van der Waals surface area contributed by atoms with Crippen LogP contribution in [0.1, 0.15) is 23.7 Å². The van der Waals surface area contributed by atoms with Gasteiger partial charge in [-0.2, -0.15) is 39.5 Å². The topological polar surface area (TPSA) is 46.9 Å². The Balaban J connectivity index is 2.86. The maximum Gasteiger partial charge on any atom is 0.435 e. The van der Waals surface area contributed by atoms with Gasteiger partial charge < -0.3 is 5.32 Å². The molecule has 1 heterocycles. The van der Waals surface area contributed by atoms with Crippen molar-refractivity contribution in [2.75, 3.05) is 5.32 Å². The van der Waals surface area contributed by atoms with Crippen molar-refractivity contribution in [1.29, 1.82) is 0 Å². The van der Waals surface area contributed by atoms with E-state index in [1.165, 1.54) is 6.92 Å². The molecule has 0 spiro atoms. The molecule has 0 bridgehead atoms. The second-order valence-corrected chi connectivity index (χ2v) is 7.70. The van der Waals surface area contributed by atoms with Crippen LogP contribution in [0.25, 0.3) is 0 Å². The summed E-state index contributed by atoms with van der Waals surface area (Å²) < 4.78 is 118. The number of halogens is 12. The lowest BCUT2D eigenvalue weighted by atomic mass is 10.1. The third-order valence-electron chi connectivity index (χ3n) is 3.73. The first-order valence-corrected chi connectivity index (χ1v) is 9.68. The number of anilines is 2. The molecule has 0 atom stereocenters. The van der Waals surface area contributed by atoms with E-state index in [0.29, 0.717) is 4.57 Å². The van der Waals surface area contributed by atoms with Crippen molar-refractivity contribution < 1.29 is 39.5 Å². The second kappa shape index (κ2) is 8.46. The second-order valence-electron chi connectivity index (χ2n) is 5.74. The Morgan fingerprint density at radius 1 is 1.00 bits per heavy atom. The molecular formula is C15H7Br2ClF9N3O. The first kappa shape index (κ1) is 25.8. The fourth-order valence-corrected chi connectivity index (χ4v) is 4.33. The van der Waals surface area contributed by atoms with Crippen molar-refractivity contribution in [2.24, 2.45) is 0 Å². The molecule has 0 aliphatic carbocycles. The van der Waals surface area contributed by atoms with Gasteiger partial charge in [0.25, 0.3) is 5.56 Å². The highest BCUT2D eigenvalue weighted by molar-refractivity contribution is 9.11. The first-order chi connectivity index (χ1) is 13.9. The maximum absolute atomic E-state index is 13.4. The number of nitrogens with zero attached hydrogens (tertiary/aromatic N) is 2. The van der Waals surface area contributed by atoms with Crippen LogP contribution in [0, 0.1) is 0 Å². The van der Waals surface area contributed by atoms with Gasteiger partial charge in [-0.05, 0) is 44.8 Å². The van der Waals surface area contributed by atoms with Gasteiger partial charge >= 0.3 is 18.5 Å². The van der Waals surface area contributed by atoms with Gasteiger partial charge in [0.1, 0.15) is 5.02 Å². The molecule has 1 aromatic heterocycles. The van der Waals surface area contributed by atoms with Crippen molar-refractivity contribution >= 4 is 55.1 Å². The lowest BCUT2D eigenvalue weighted by Crippen LogP contribution is -2.28. The number of alkyl halides is 9. The van der Waals surface area contributed by atoms with Crippen molar-refractivity contribution in [3.63, 3.8) is 0 Å². The molecule has 0 unspecified atom stereocenters. The predicted octanol–water partition coefficient (Wildman–Crippen LogP) is 7.24. The van der Waals surface area contributed by atoms with Crippen LogP contribution in [-0.2, 0) is 25.1 Å². The van der Waals surface area contributed by atoms with E-state index >= 15 is 0 Å². The van der Waals surface area contributed by atoms with Crippen LogP contribution in [0.2, 0.25) is 5.02 Å². The Bertz CT molecular complexity index is 1080. The van der Waals surface area contributed by atoms with E-state index in [4.69, 9.17) is 11.6 Å². The molecule has 31 heavy (non-hydrogen) atoms. The molecule has 172 valence electrons. The summed E-state index contributed by atoms with van der Waals surface area (Å²) in [6.45, 7) is 0.926. The lowest BCUT2D eigenvalue weighted by Gasteiger charge is -2.21. The Morgan fingerprint density at radius 2 is 1.55 bits per heavy atom. The van der Waals surface area contributed by atoms with Gasteiger partial charge in [-0.1, -0.05) is 11.6 Å². The summed E-state index contributed by atoms with van der Waals surface area (Å²) in [6, 6.07) is 0.220. The summed E-state index contributed by atoms with van der Waals surface area (Å²) in [5.74, 6) is -0.964. The summed E-state index contributed by atoms with van der Waals surface area (Å²) in [5.41, 5.74) is -7.73. The number of benzene rings is 1. The lowest BCUT2D eigenvalue weighted by molar-refractivity contribution is -0.144. The molecule has 0 aliphatic rings. The van der Waals surface area contributed by atoms with Gasteiger partial charge in [-0.25, -0.2) is 4.98 Å². The summed E-state index contributed by atoms with van der Waals surface area (Å²) in [6.07, 6.45) is -15.8. The minimum atomic E-state index is -5.29. The summed E-state index contributed by atoms with van der Waals surface area (Å²) in [5, 5.41) is 0.646. The highest BCUT2D eigenvalue weighted by Crippen LogP contribution is 2.49. The van der Waals surface area contributed by atoms with E-state index in [-0.39, 0.29) is 12.6 Å². The molecule has 0 radical (unpaired) electrons. The van der Waals surface area contributed by atoms with Crippen LogP contribution in [-0.4, -0.2) is 9.55 Å². The highest BCUT2D eigenvalue weighted by atomic mass is 79.9. The molecule has 2 rings (SSSR count). The molecule has 0 aliphatic heterocycles. The average Bonchev–Trinajstić information content (AvgIpc) is 2.57. The molecule has 0 saturated heterocycles. The summed E-state index contributed by atoms with van der Waals surface area (Å²) in [7, 11) is 0. The minimum Gasteiger partial charge on any atom is -0.324 e. The van der Waals surface area contributed by atoms with Crippen LogP contribution in [0.3, 0.4) is 0 Å². The molecule has 1 N–H and O–H groups in total. The number of nitrogens with one attached hydrogen (secondary N) is 1. The van der Waals surface area contributed by atoms with Crippen molar-refractivity contribution in [1.82, 2.24) is 9.55 Å². The SMILES string of the molecule is CCn1c(Nc2cc(C(F)(F)F)c(Br)c(C(F)(F)F)c2Br)nc(C(F)(F)F)c(Cl)c1=O. The van der Waals surface area contributed by atoms with E-state index in [0.717, 1.165) is 0 Å². The fourth-order valence-electron chi connectivity index (χ4n) is 2.41. The number of hydrogen-bond acceptors (Lipinski definition) is 3. The van der Waals surface area contributed by atoms with Crippen LogP contribution in [0.15, 0.2) is 19.8 Å². The zero-order chi connectivity index (χ0) is 24.1. The summed E-state index contributed by atoms with van der Waals surface area (Å²) in [4.78, 5) is 15.3. The first-order valence-electron chi connectivity index (χ1n) is 7.72. The molecule has 1 aromatic carbocycles. The van der Waals surface area contributed by atoms with Crippen LogP contribution in [0.5, 0.6) is 0 Å². The van der Waals surface area contributed by atoms with Gasteiger partial charge in [-0.3, -0.25) is 9.36 Å². The number of rotatable bonds is 3. The predicted molar refractivity (Wildman–Crippen MR) is 99.3 cm³/mol. The largest absolute Gasteiger partial charge is 0.435 e. The quantitative estimate of drug-likeness (QED) is 0.373. The van der Waals surface area contributed by atoms with Crippen LogP contribution < -0.4 is 10.9 Å². The fraction of sp³-hybridized carbons (Fsp3) is 0.333. The van der Waals surface area contributed by atoms with Crippen molar-refractivity contribution in [2.45, 2.75) is 32.0 Å². The Labute approximate surface area is 188 Å². The van der Waals surface area contributed by atoms with Gasteiger partial charge in [0, 0.05) is 11.0 Å². The van der Waals surface area contributed by atoms with Crippen molar-refractivity contribution in [3.8, 4) is 0 Å². The molecule has 16 heteroatoms. The molecule has 2 aromatic rings. The van der Waals surface area contributed by atoms with Crippen LogP contribution in [0.4, 0.5) is 51.1 Å². The minimum absolute atomic E-state index is 0.220. The summed E-state index contributed by atoms with van der Waals surface area (Å²) >= 11 is 10.2. The smallest absolute Gasteiger partial charge is 0.324 e. The molecule has 0 saturated carbocycles. The number of aromatic nitrogens is 2. The van der Waals surface area contributed by atoms with E-state index in [1.54, 1.807) is 0 Å². The zero-order valence-electron chi connectivity index (χ0n) is 14.6. The maximum atomic E-state index is 13.4. The monoisotopic (exact) mass is 609 g/mol. The van der Waals surface area contributed by atoms with Gasteiger partial charge in [0.15, 0.2) is 5.69 Å². The zero-order valence-corrected chi connectivity index (χ0v) is 18.6. The Hall–Kier alpha value is -1.48. The Kier molecular flexibility index (Phi) is 7.04. The molecule has 0 fully saturated rings. The Morgan fingerprint density at radius 3 is 1.97 bits per heavy atom. The van der Waals surface area contributed by atoms with Crippen molar-refractivity contribution in [3.05, 3.63) is 47.2 Å². The average molecular weight is 611 g/mol. The van der Waals surface area contributed by atoms with Gasteiger partial charge in [-0.15, -0.1) is 0 Å². The number of hydrogen-bond donors (Lipinski definition) is 1. The van der Waals surface area contributed by atoms with E-state index in [2.05, 4.69) is 36.8 Å². The normalized spacial score (nSPS) is 12.9. The third-order valence-corrected chi connectivity index (χ3v) is 5.72. The van der Waals surface area contributed by atoms with E-state index in [9.17, 15) is 44.3 Å². The molecule has 4 nitrogen and oxygen atoms in total. The van der Waals surface area contributed by atoms with Gasteiger partial charge in [0.05, 0.1) is 21.3 Å². The third kappa shape index (κ3) is 5.13. The van der Waals surface area contributed by atoms with Gasteiger partial charge in [0.2, 0.25) is 5.95 Å². The van der Waals surface area contributed by atoms with E-state index < -0.39 is 66.5 Å². The van der Waals surface area contributed by atoms with E-state index in [1.807, 2.05) is 5.32 Å².